The SMILES string of the molecule is CCc1sc(-c2nnc(CSc3nnc(-c4ccc(C)cc4)n3N)o2)cc1C. The van der Waals surface area contributed by atoms with Crippen molar-refractivity contribution in [1.29, 1.82) is 0 Å². The topological polar surface area (TPSA) is 95.7 Å². The van der Waals surface area contributed by atoms with Crippen LogP contribution in [0.25, 0.3) is 22.2 Å². The molecule has 0 spiro atoms. The second-order valence-corrected chi connectivity index (χ2v) is 8.48. The lowest BCUT2D eigenvalue weighted by Crippen LogP contribution is -2.11. The van der Waals surface area contributed by atoms with Crippen LogP contribution in [0.4, 0.5) is 0 Å². The summed E-state index contributed by atoms with van der Waals surface area (Å²) < 4.78 is 7.31. The predicted molar refractivity (Wildman–Crippen MR) is 112 cm³/mol. The summed E-state index contributed by atoms with van der Waals surface area (Å²) in [5, 5.41) is 17.3. The fourth-order valence-corrected chi connectivity index (χ4v) is 4.52. The average Bonchev–Trinajstić information content (AvgIpc) is 3.39. The molecule has 0 saturated carbocycles. The van der Waals surface area contributed by atoms with Crippen molar-refractivity contribution in [3.8, 4) is 22.2 Å². The first-order chi connectivity index (χ1) is 13.5. The molecule has 0 aliphatic carbocycles. The van der Waals surface area contributed by atoms with Gasteiger partial charge in [-0.2, -0.15) is 0 Å². The normalized spacial score (nSPS) is 11.2. The molecule has 9 heteroatoms. The Hall–Kier alpha value is -2.65. The van der Waals surface area contributed by atoms with Crippen molar-refractivity contribution in [3.05, 3.63) is 52.2 Å². The number of aromatic nitrogens is 5. The molecule has 7 nitrogen and oxygen atoms in total. The summed E-state index contributed by atoms with van der Waals surface area (Å²) in [6.07, 6.45) is 1.00. The Balaban J connectivity index is 1.47. The maximum absolute atomic E-state index is 6.17. The van der Waals surface area contributed by atoms with Crippen molar-refractivity contribution in [2.75, 3.05) is 5.84 Å². The minimum Gasteiger partial charge on any atom is -0.419 e. The molecule has 28 heavy (non-hydrogen) atoms. The zero-order valence-corrected chi connectivity index (χ0v) is 17.5. The molecule has 0 saturated heterocycles. The molecular weight excluding hydrogens is 392 g/mol. The second kappa shape index (κ2) is 7.76. The summed E-state index contributed by atoms with van der Waals surface area (Å²) in [6.45, 7) is 6.29. The van der Waals surface area contributed by atoms with E-state index in [1.807, 2.05) is 31.2 Å². The first kappa shape index (κ1) is 18.7. The maximum atomic E-state index is 6.17. The van der Waals surface area contributed by atoms with Crippen LogP contribution in [0.5, 0.6) is 0 Å². The third kappa shape index (κ3) is 3.67. The average molecular weight is 413 g/mol. The van der Waals surface area contributed by atoms with E-state index in [9.17, 15) is 0 Å². The molecule has 144 valence electrons. The first-order valence-electron chi connectivity index (χ1n) is 8.87. The molecule has 0 bridgehead atoms. The van der Waals surface area contributed by atoms with Crippen LogP contribution in [0.2, 0.25) is 0 Å². The van der Waals surface area contributed by atoms with Crippen molar-refractivity contribution < 1.29 is 4.42 Å². The Kier molecular flexibility index (Phi) is 5.19. The van der Waals surface area contributed by atoms with Gasteiger partial charge >= 0.3 is 0 Å². The molecule has 0 fully saturated rings. The number of rotatable bonds is 6. The van der Waals surface area contributed by atoms with Gasteiger partial charge in [0.05, 0.1) is 10.6 Å². The van der Waals surface area contributed by atoms with Crippen LogP contribution in [0.3, 0.4) is 0 Å². The van der Waals surface area contributed by atoms with Gasteiger partial charge < -0.3 is 10.3 Å². The monoisotopic (exact) mass is 412 g/mol. The highest BCUT2D eigenvalue weighted by Crippen LogP contribution is 2.31. The van der Waals surface area contributed by atoms with Crippen LogP contribution in [0, 0.1) is 13.8 Å². The lowest BCUT2D eigenvalue weighted by Gasteiger charge is -2.03. The van der Waals surface area contributed by atoms with Crippen molar-refractivity contribution in [1.82, 2.24) is 25.1 Å². The summed E-state index contributed by atoms with van der Waals surface area (Å²) in [5.41, 5.74) is 3.37. The Morgan fingerprint density at radius 1 is 1.11 bits per heavy atom. The summed E-state index contributed by atoms with van der Waals surface area (Å²) >= 11 is 3.11. The third-order valence-corrected chi connectivity index (χ3v) is 6.62. The summed E-state index contributed by atoms with van der Waals surface area (Å²) in [5.74, 6) is 8.35. The maximum Gasteiger partial charge on any atom is 0.257 e. The minimum absolute atomic E-state index is 0.473. The molecule has 0 atom stereocenters. The van der Waals surface area contributed by atoms with Crippen LogP contribution in [0.1, 0.15) is 28.8 Å². The highest BCUT2D eigenvalue weighted by atomic mass is 32.2. The fraction of sp³-hybridized carbons (Fsp3) is 0.263. The lowest BCUT2D eigenvalue weighted by molar-refractivity contribution is 0.529. The van der Waals surface area contributed by atoms with E-state index in [-0.39, 0.29) is 0 Å². The van der Waals surface area contributed by atoms with Crippen LogP contribution in [-0.4, -0.2) is 25.1 Å². The molecule has 3 heterocycles. The minimum atomic E-state index is 0.473. The summed E-state index contributed by atoms with van der Waals surface area (Å²) in [4.78, 5) is 2.34. The fourth-order valence-electron chi connectivity index (χ4n) is 2.79. The van der Waals surface area contributed by atoms with Gasteiger partial charge in [0.15, 0.2) is 5.82 Å². The van der Waals surface area contributed by atoms with E-state index in [4.69, 9.17) is 10.3 Å². The molecule has 2 N–H and O–H groups in total. The number of hydrogen-bond acceptors (Lipinski definition) is 8. The number of thioether (sulfide) groups is 1. The van der Waals surface area contributed by atoms with E-state index < -0.39 is 0 Å². The van der Waals surface area contributed by atoms with Crippen molar-refractivity contribution >= 4 is 23.1 Å². The Labute approximate surface area is 171 Å². The van der Waals surface area contributed by atoms with E-state index in [0.717, 1.165) is 16.9 Å². The molecule has 4 aromatic rings. The number of hydrogen-bond donors (Lipinski definition) is 1. The molecular formula is C19H20N6OS2. The standard InChI is InChI=1S/C19H20N6OS2/c1-4-14-12(3)9-15(28-14)18-23-21-16(26-18)10-27-19-24-22-17(25(19)20)13-7-5-11(2)6-8-13/h5-9H,4,10,20H2,1-3H3. The molecule has 0 unspecified atom stereocenters. The Morgan fingerprint density at radius 3 is 2.61 bits per heavy atom. The number of benzene rings is 1. The van der Waals surface area contributed by atoms with Gasteiger partial charge in [0.2, 0.25) is 11.0 Å². The highest BCUT2D eigenvalue weighted by molar-refractivity contribution is 7.98. The van der Waals surface area contributed by atoms with E-state index in [0.29, 0.717) is 28.5 Å². The summed E-state index contributed by atoms with van der Waals surface area (Å²) in [6, 6.07) is 10.1. The van der Waals surface area contributed by atoms with Crippen LogP contribution in [0.15, 0.2) is 39.9 Å². The van der Waals surface area contributed by atoms with Crippen LogP contribution in [-0.2, 0) is 12.2 Å². The number of aryl methyl sites for hydroxylation is 3. The van der Waals surface area contributed by atoms with Crippen LogP contribution >= 0.6 is 23.1 Å². The zero-order chi connectivity index (χ0) is 19.7. The van der Waals surface area contributed by atoms with Gasteiger partial charge in [0, 0.05) is 10.4 Å². The highest BCUT2D eigenvalue weighted by Gasteiger charge is 2.16. The van der Waals surface area contributed by atoms with Gasteiger partial charge in [-0.15, -0.1) is 31.7 Å². The van der Waals surface area contributed by atoms with E-state index >= 15 is 0 Å². The molecule has 0 aliphatic rings. The van der Waals surface area contributed by atoms with E-state index in [1.165, 1.54) is 32.4 Å². The van der Waals surface area contributed by atoms with Crippen molar-refractivity contribution in [2.45, 2.75) is 38.1 Å². The van der Waals surface area contributed by atoms with E-state index in [2.05, 4.69) is 40.3 Å². The number of thiophene rings is 1. The molecule has 0 amide bonds. The second-order valence-electron chi connectivity index (χ2n) is 6.40. The van der Waals surface area contributed by atoms with Crippen molar-refractivity contribution in [2.24, 2.45) is 0 Å². The number of nitrogens with two attached hydrogens (primary N) is 1. The third-order valence-electron chi connectivity index (χ3n) is 4.32. The first-order valence-corrected chi connectivity index (χ1v) is 10.7. The molecule has 1 aromatic carbocycles. The number of nitrogen functional groups attached to an aromatic ring is 1. The molecule has 3 aromatic heterocycles. The van der Waals surface area contributed by atoms with E-state index in [1.54, 1.807) is 11.3 Å². The molecule has 0 radical (unpaired) electrons. The summed E-state index contributed by atoms with van der Waals surface area (Å²) in [7, 11) is 0. The van der Waals surface area contributed by atoms with Gasteiger partial charge in [-0.1, -0.05) is 48.5 Å². The smallest absolute Gasteiger partial charge is 0.257 e. The molecule has 4 rings (SSSR count). The van der Waals surface area contributed by atoms with Crippen molar-refractivity contribution in [3.63, 3.8) is 0 Å². The quantitative estimate of drug-likeness (QED) is 0.374. The predicted octanol–water partition coefficient (Wildman–Crippen LogP) is 4.24. The zero-order valence-electron chi connectivity index (χ0n) is 15.8. The van der Waals surface area contributed by atoms with Gasteiger partial charge in [0.25, 0.3) is 5.89 Å². The molecule has 0 aliphatic heterocycles. The van der Waals surface area contributed by atoms with Gasteiger partial charge in [-0.3, -0.25) is 0 Å². The lowest BCUT2D eigenvalue weighted by atomic mass is 10.1. The number of nitrogens with zero attached hydrogens (tertiary/aromatic N) is 5. The van der Waals surface area contributed by atoms with Gasteiger partial charge in [-0.25, -0.2) is 4.68 Å². The largest absolute Gasteiger partial charge is 0.419 e. The van der Waals surface area contributed by atoms with Gasteiger partial charge in [0.1, 0.15) is 0 Å². The van der Waals surface area contributed by atoms with Crippen LogP contribution < -0.4 is 5.84 Å². The Bertz CT molecular complexity index is 1100. The Morgan fingerprint density at radius 2 is 1.89 bits per heavy atom. The van der Waals surface area contributed by atoms with Gasteiger partial charge in [-0.05, 0) is 31.9 Å².